The van der Waals surface area contributed by atoms with E-state index in [1.165, 1.54) is 0 Å². The van der Waals surface area contributed by atoms with Gasteiger partial charge in [-0.15, -0.1) is 0 Å². The summed E-state index contributed by atoms with van der Waals surface area (Å²) in [7, 11) is 0. The molecule has 0 saturated heterocycles. The standard InChI is InChI=1S/C16H26N2O3/c1-6-18(7-2)15(19)13-8-9-14(17-12-13)20-10-11-21-16(3,4)5/h8-9,12H,6-7,10-11H2,1-5H3. The predicted octanol–water partition coefficient (Wildman–Crippen LogP) is 2.76. The molecular weight excluding hydrogens is 268 g/mol. The SMILES string of the molecule is CCN(CC)C(=O)c1ccc(OCCOC(C)(C)C)nc1. The van der Waals surface area contributed by atoms with Crippen molar-refractivity contribution in [1.82, 2.24) is 9.88 Å². The van der Waals surface area contributed by atoms with Crippen molar-refractivity contribution in [3.05, 3.63) is 23.9 Å². The summed E-state index contributed by atoms with van der Waals surface area (Å²) in [6.45, 7) is 12.2. The van der Waals surface area contributed by atoms with Gasteiger partial charge >= 0.3 is 0 Å². The summed E-state index contributed by atoms with van der Waals surface area (Å²) >= 11 is 0. The molecule has 1 heterocycles. The lowest BCUT2D eigenvalue weighted by Gasteiger charge is -2.19. The zero-order valence-electron chi connectivity index (χ0n) is 13.7. The highest BCUT2D eigenvalue weighted by atomic mass is 16.5. The molecule has 0 atom stereocenters. The van der Waals surface area contributed by atoms with Gasteiger partial charge in [0.2, 0.25) is 5.88 Å². The minimum Gasteiger partial charge on any atom is -0.475 e. The molecule has 5 nitrogen and oxygen atoms in total. The summed E-state index contributed by atoms with van der Waals surface area (Å²) in [6.07, 6.45) is 1.56. The average molecular weight is 294 g/mol. The first-order chi connectivity index (χ1) is 9.87. The van der Waals surface area contributed by atoms with Gasteiger partial charge in [0.15, 0.2) is 0 Å². The normalized spacial score (nSPS) is 11.3. The van der Waals surface area contributed by atoms with Gasteiger partial charge in [-0.1, -0.05) is 0 Å². The van der Waals surface area contributed by atoms with E-state index in [1.807, 2.05) is 34.6 Å². The van der Waals surface area contributed by atoms with E-state index in [0.29, 0.717) is 37.7 Å². The van der Waals surface area contributed by atoms with Crippen molar-refractivity contribution in [2.75, 3.05) is 26.3 Å². The lowest BCUT2D eigenvalue weighted by Crippen LogP contribution is -2.30. The number of hydrogen-bond donors (Lipinski definition) is 0. The van der Waals surface area contributed by atoms with Crippen LogP contribution in [0.5, 0.6) is 5.88 Å². The van der Waals surface area contributed by atoms with Gasteiger partial charge in [-0.05, 0) is 40.7 Å². The molecule has 5 heteroatoms. The average Bonchev–Trinajstić information content (AvgIpc) is 2.44. The fourth-order valence-corrected chi connectivity index (χ4v) is 1.78. The highest BCUT2D eigenvalue weighted by Crippen LogP contribution is 2.11. The van der Waals surface area contributed by atoms with Gasteiger partial charge in [0, 0.05) is 25.4 Å². The van der Waals surface area contributed by atoms with Crippen LogP contribution in [0, 0.1) is 0 Å². The molecule has 0 aliphatic carbocycles. The zero-order valence-corrected chi connectivity index (χ0v) is 13.7. The summed E-state index contributed by atoms with van der Waals surface area (Å²) in [5, 5.41) is 0. The Labute approximate surface area is 127 Å². The number of carbonyl (C=O) groups excluding carboxylic acids is 1. The van der Waals surface area contributed by atoms with Gasteiger partial charge in [0.05, 0.1) is 17.8 Å². The molecule has 1 aromatic rings. The summed E-state index contributed by atoms with van der Waals surface area (Å²) < 4.78 is 11.0. The summed E-state index contributed by atoms with van der Waals surface area (Å²) in [5.41, 5.74) is 0.411. The van der Waals surface area contributed by atoms with Crippen LogP contribution in [0.2, 0.25) is 0 Å². The Bertz CT molecular complexity index is 434. The van der Waals surface area contributed by atoms with E-state index in [4.69, 9.17) is 9.47 Å². The van der Waals surface area contributed by atoms with Crippen molar-refractivity contribution in [1.29, 1.82) is 0 Å². The molecule has 0 unspecified atom stereocenters. The number of carbonyl (C=O) groups is 1. The molecule has 0 aliphatic rings. The van der Waals surface area contributed by atoms with Crippen LogP contribution in [0.4, 0.5) is 0 Å². The molecule has 1 rings (SSSR count). The zero-order chi connectivity index (χ0) is 15.9. The highest BCUT2D eigenvalue weighted by Gasteiger charge is 2.13. The van der Waals surface area contributed by atoms with Gasteiger partial charge in [0.1, 0.15) is 6.61 Å². The fourth-order valence-electron chi connectivity index (χ4n) is 1.78. The Kier molecular flexibility index (Phi) is 6.62. The van der Waals surface area contributed by atoms with Crippen LogP contribution in [0.15, 0.2) is 18.3 Å². The van der Waals surface area contributed by atoms with Crippen molar-refractivity contribution in [2.24, 2.45) is 0 Å². The first-order valence-corrected chi connectivity index (χ1v) is 7.39. The van der Waals surface area contributed by atoms with Crippen LogP contribution in [0.1, 0.15) is 45.0 Å². The largest absolute Gasteiger partial charge is 0.475 e. The molecule has 0 aromatic carbocycles. The van der Waals surface area contributed by atoms with E-state index in [2.05, 4.69) is 4.98 Å². The number of ether oxygens (including phenoxy) is 2. The number of hydrogen-bond acceptors (Lipinski definition) is 4. The summed E-state index contributed by atoms with van der Waals surface area (Å²) in [6, 6.07) is 3.46. The van der Waals surface area contributed by atoms with Crippen molar-refractivity contribution < 1.29 is 14.3 Å². The number of nitrogens with zero attached hydrogens (tertiary/aromatic N) is 2. The third kappa shape index (κ3) is 6.12. The monoisotopic (exact) mass is 294 g/mol. The van der Waals surface area contributed by atoms with E-state index < -0.39 is 0 Å². The van der Waals surface area contributed by atoms with Crippen molar-refractivity contribution in [3.8, 4) is 5.88 Å². The van der Waals surface area contributed by atoms with Crippen molar-refractivity contribution in [3.63, 3.8) is 0 Å². The molecule has 1 amide bonds. The second-order valence-corrected chi connectivity index (χ2v) is 5.67. The lowest BCUT2D eigenvalue weighted by molar-refractivity contribution is -0.0168. The van der Waals surface area contributed by atoms with E-state index in [1.54, 1.807) is 23.2 Å². The summed E-state index contributed by atoms with van der Waals surface area (Å²) in [5.74, 6) is 0.499. The summed E-state index contributed by atoms with van der Waals surface area (Å²) in [4.78, 5) is 18.0. The van der Waals surface area contributed by atoms with Crippen molar-refractivity contribution >= 4 is 5.91 Å². The van der Waals surface area contributed by atoms with Crippen molar-refractivity contribution in [2.45, 2.75) is 40.2 Å². The second kappa shape index (κ2) is 7.98. The first kappa shape index (κ1) is 17.4. The molecule has 21 heavy (non-hydrogen) atoms. The van der Waals surface area contributed by atoms with Crippen LogP contribution in [0.3, 0.4) is 0 Å². The molecule has 0 bridgehead atoms. The van der Waals surface area contributed by atoms with Crippen LogP contribution < -0.4 is 4.74 Å². The quantitative estimate of drug-likeness (QED) is 0.726. The highest BCUT2D eigenvalue weighted by molar-refractivity contribution is 5.93. The fraction of sp³-hybridized carbons (Fsp3) is 0.625. The maximum absolute atomic E-state index is 12.1. The van der Waals surface area contributed by atoms with Crippen LogP contribution in [-0.4, -0.2) is 47.7 Å². The molecule has 0 radical (unpaired) electrons. The Hall–Kier alpha value is -1.62. The first-order valence-electron chi connectivity index (χ1n) is 7.39. The van der Waals surface area contributed by atoms with Crippen LogP contribution in [0.25, 0.3) is 0 Å². The molecule has 118 valence electrons. The molecular formula is C16H26N2O3. The molecule has 0 aliphatic heterocycles. The second-order valence-electron chi connectivity index (χ2n) is 5.67. The maximum atomic E-state index is 12.1. The smallest absolute Gasteiger partial charge is 0.255 e. The molecule has 0 saturated carbocycles. The molecule has 1 aromatic heterocycles. The van der Waals surface area contributed by atoms with E-state index in [-0.39, 0.29) is 11.5 Å². The van der Waals surface area contributed by atoms with Gasteiger partial charge in [-0.2, -0.15) is 0 Å². The minimum absolute atomic E-state index is 0.00452. The Morgan fingerprint density at radius 2 is 1.86 bits per heavy atom. The van der Waals surface area contributed by atoms with Gasteiger partial charge in [-0.25, -0.2) is 4.98 Å². The minimum atomic E-state index is -0.170. The van der Waals surface area contributed by atoms with Gasteiger partial charge in [-0.3, -0.25) is 4.79 Å². The van der Waals surface area contributed by atoms with Gasteiger partial charge < -0.3 is 14.4 Å². The Morgan fingerprint density at radius 3 is 2.33 bits per heavy atom. The van der Waals surface area contributed by atoms with Crippen LogP contribution >= 0.6 is 0 Å². The number of rotatable bonds is 7. The van der Waals surface area contributed by atoms with Crippen LogP contribution in [-0.2, 0) is 4.74 Å². The van der Waals surface area contributed by atoms with E-state index >= 15 is 0 Å². The van der Waals surface area contributed by atoms with E-state index in [9.17, 15) is 4.79 Å². The topological polar surface area (TPSA) is 51.7 Å². The third-order valence-corrected chi connectivity index (χ3v) is 2.90. The van der Waals surface area contributed by atoms with E-state index in [0.717, 1.165) is 0 Å². The predicted molar refractivity (Wildman–Crippen MR) is 82.7 cm³/mol. The Morgan fingerprint density at radius 1 is 1.19 bits per heavy atom. The third-order valence-electron chi connectivity index (χ3n) is 2.90. The maximum Gasteiger partial charge on any atom is 0.255 e. The number of amides is 1. The number of pyridine rings is 1. The number of aromatic nitrogens is 1. The lowest BCUT2D eigenvalue weighted by atomic mass is 10.2. The van der Waals surface area contributed by atoms with Gasteiger partial charge in [0.25, 0.3) is 5.91 Å². The molecule has 0 spiro atoms. The Balaban J connectivity index is 2.49. The molecule has 0 fully saturated rings. The molecule has 0 N–H and O–H groups in total.